The Bertz CT molecular complexity index is 780. The van der Waals surface area contributed by atoms with E-state index >= 15 is 0 Å². The summed E-state index contributed by atoms with van der Waals surface area (Å²) >= 11 is 5.93. The zero-order valence-corrected chi connectivity index (χ0v) is 12.2. The van der Waals surface area contributed by atoms with Gasteiger partial charge in [-0.25, -0.2) is 0 Å². The maximum atomic E-state index is 12.2. The average Bonchev–Trinajstić information content (AvgIpc) is 2.91. The number of carbonyl (C=O) groups is 1. The fraction of sp³-hybridized carbons (Fsp3) is 0.118. The number of fused-ring (bicyclic) bond motifs is 1. The summed E-state index contributed by atoms with van der Waals surface area (Å²) in [5.74, 6) is 0.0497. The molecule has 0 aliphatic rings. The van der Waals surface area contributed by atoms with E-state index in [1.165, 1.54) is 0 Å². The van der Waals surface area contributed by atoms with Gasteiger partial charge in [0.2, 0.25) is 0 Å². The molecule has 106 valence electrons. The Morgan fingerprint density at radius 1 is 1.14 bits per heavy atom. The van der Waals surface area contributed by atoms with Gasteiger partial charge >= 0.3 is 0 Å². The molecule has 0 radical (unpaired) electrons. The molecule has 0 saturated heterocycles. The van der Waals surface area contributed by atoms with Gasteiger partial charge in [0.1, 0.15) is 5.58 Å². The third-order valence-corrected chi connectivity index (χ3v) is 3.58. The second kappa shape index (κ2) is 5.62. The summed E-state index contributed by atoms with van der Waals surface area (Å²) in [4.78, 5) is 12.2. The summed E-state index contributed by atoms with van der Waals surface area (Å²) in [6.07, 6.45) is 0. The molecule has 0 aliphatic heterocycles. The monoisotopic (exact) mass is 299 g/mol. The van der Waals surface area contributed by atoms with E-state index < -0.39 is 0 Å². The number of furan rings is 1. The van der Waals surface area contributed by atoms with Crippen molar-refractivity contribution in [2.24, 2.45) is 0 Å². The zero-order chi connectivity index (χ0) is 14.8. The molecule has 0 spiro atoms. The summed E-state index contributed by atoms with van der Waals surface area (Å²) in [5.41, 5.74) is 1.70. The maximum absolute atomic E-state index is 12.2. The SMILES string of the molecule is C[C@@H](NC(=O)c1cc2cc(Cl)ccc2o1)c1ccccc1. The fourth-order valence-corrected chi connectivity index (χ4v) is 2.40. The summed E-state index contributed by atoms with van der Waals surface area (Å²) < 4.78 is 5.55. The lowest BCUT2D eigenvalue weighted by Crippen LogP contribution is -2.26. The quantitative estimate of drug-likeness (QED) is 0.769. The molecule has 21 heavy (non-hydrogen) atoms. The van der Waals surface area contributed by atoms with Crippen molar-refractivity contribution < 1.29 is 9.21 Å². The number of halogens is 1. The van der Waals surface area contributed by atoms with E-state index in [0.29, 0.717) is 10.6 Å². The number of amides is 1. The molecule has 0 fully saturated rings. The van der Waals surface area contributed by atoms with Gasteiger partial charge in [-0.2, -0.15) is 0 Å². The Morgan fingerprint density at radius 2 is 1.90 bits per heavy atom. The van der Waals surface area contributed by atoms with Crippen molar-refractivity contribution >= 4 is 28.5 Å². The van der Waals surface area contributed by atoms with Crippen LogP contribution in [0.1, 0.15) is 29.1 Å². The minimum atomic E-state index is -0.237. The van der Waals surface area contributed by atoms with Crippen molar-refractivity contribution in [3.63, 3.8) is 0 Å². The normalized spacial score (nSPS) is 12.3. The number of rotatable bonds is 3. The van der Waals surface area contributed by atoms with E-state index in [0.717, 1.165) is 10.9 Å². The van der Waals surface area contributed by atoms with E-state index in [-0.39, 0.29) is 17.7 Å². The smallest absolute Gasteiger partial charge is 0.287 e. The van der Waals surface area contributed by atoms with Crippen molar-refractivity contribution in [1.82, 2.24) is 5.32 Å². The van der Waals surface area contributed by atoms with Gasteiger partial charge in [0, 0.05) is 10.4 Å². The second-order valence-corrected chi connectivity index (χ2v) is 5.34. The molecular weight excluding hydrogens is 286 g/mol. The Balaban J connectivity index is 1.80. The lowest BCUT2D eigenvalue weighted by atomic mass is 10.1. The Kier molecular flexibility index (Phi) is 3.67. The van der Waals surface area contributed by atoms with Crippen LogP contribution in [0.5, 0.6) is 0 Å². The van der Waals surface area contributed by atoms with E-state index in [9.17, 15) is 4.79 Å². The molecule has 1 atom stereocenters. The minimum absolute atomic E-state index is 0.0875. The van der Waals surface area contributed by atoms with Crippen LogP contribution in [-0.2, 0) is 0 Å². The van der Waals surface area contributed by atoms with E-state index in [2.05, 4.69) is 5.32 Å². The van der Waals surface area contributed by atoms with Crippen LogP contribution in [0.15, 0.2) is 59.0 Å². The number of nitrogens with one attached hydrogen (secondary N) is 1. The van der Waals surface area contributed by atoms with Crippen molar-refractivity contribution in [3.8, 4) is 0 Å². The van der Waals surface area contributed by atoms with Crippen LogP contribution in [0.4, 0.5) is 0 Å². The largest absolute Gasteiger partial charge is 0.451 e. The van der Waals surface area contributed by atoms with Gasteiger partial charge in [0.15, 0.2) is 5.76 Å². The Morgan fingerprint density at radius 3 is 2.67 bits per heavy atom. The predicted molar refractivity (Wildman–Crippen MR) is 83.5 cm³/mol. The number of hydrogen-bond donors (Lipinski definition) is 1. The van der Waals surface area contributed by atoms with Gasteiger partial charge < -0.3 is 9.73 Å². The van der Waals surface area contributed by atoms with Crippen LogP contribution in [0.2, 0.25) is 5.02 Å². The highest BCUT2D eigenvalue weighted by Gasteiger charge is 2.15. The second-order valence-electron chi connectivity index (χ2n) is 4.90. The van der Waals surface area contributed by atoms with Gasteiger partial charge in [-0.1, -0.05) is 41.9 Å². The van der Waals surface area contributed by atoms with Crippen LogP contribution in [0.25, 0.3) is 11.0 Å². The predicted octanol–water partition coefficient (Wildman–Crippen LogP) is 4.58. The Labute approximate surface area is 127 Å². The molecular formula is C17H14ClNO2. The van der Waals surface area contributed by atoms with Crippen molar-refractivity contribution in [1.29, 1.82) is 0 Å². The topological polar surface area (TPSA) is 42.2 Å². The van der Waals surface area contributed by atoms with Crippen LogP contribution >= 0.6 is 11.6 Å². The third-order valence-electron chi connectivity index (χ3n) is 3.35. The molecule has 1 aromatic heterocycles. The summed E-state index contributed by atoms with van der Waals surface area (Å²) in [6, 6.07) is 16.7. The van der Waals surface area contributed by atoms with Crippen LogP contribution in [-0.4, -0.2) is 5.91 Å². The van der Waals surface area contributed by atoms with E-state index in [4.69, 9.17) is 16.0 Å². The molecule has 0 saturated carbocycles. The summed E-state index contributed by atoms with van der Waals surface area (Å²) in [5, 5.41) is 4.36. The van der Waals surface area contributed by atoms with Crippen LogP contribution < -0.4 is 5.32 Å². The lowest BCUT2D eigenvalue weighted by Gasteiger charge is -2.12. The standard InChI is InChI=1S/C17H14ClNO2/c1-11(12-5-3-2-4-6-12)19-17(20)16-10-13-9-14(18)7-8-15(13)21-16/h2-11H,1H3,(H,19,20)/t11-/m1/s1. The number of benzene rings is 2. The first kappa shape index (κ1) is 13.7. The van der Waals surface area contributed by atoms with E-state index in [1.807, 2.05) is 37.3 Å². The molecule has 2 aromatic carbocycles. The van der Waals surface area contributed by atoms with Crippen LogP contribution in [0.3, 0.4) is 0 Å². The molecule has 3 nitrogen and oxygen atoms in total. The first-order valence-electron chi connectivity index (χ1n) is 6.68. The zero-order valence-electron chi connectivity index (χ0n) is 11.5. The van der Waals surface area contributed by atoms with Gasteiger partial charge in [-0.3, -0.25) is 4.79 Å². The molecule has 1 heterocycles. The first-order valence-corrected chi connectivity index (χ1v) is 7.06. The molecule has 4 heteroatoms. The van der Waals surface area contributed by atoms with Crippen LogP contribution in [0, 0.1) is 0 Å². The highest BCUT2D eigenvalue weighted by Crippen LogP contribution is 2.23. The van der Waals surface area contributed by atoms with Crippen molar-refractivity contribution in [2.45, 2.75) is 13.0 Å². The molecule has 0 unspecified atom stereocenters. The molecule has 0 bridgehead atoms. The average molecular weight is 300 g/mol. The third kappa shape index (κ3) is 2.93. The van der Waals surface area contributed by atoms with Crippen molar-refractivity contribution in [2.75, 3.05) is 0 Å². The fourth-order valence-electron chi connectivity index (χ4n) is 2.22. The highest BCUT2D eigenvalue weighted by atomic mass is 35.5. The maximum Gasteiger partial charge on any atom is 0.287 e. The van der Waals surface area contributed by atoms with Gasteiger partial charge in [-0.15, -0.1) is 0 Å². The first-order chi connectivity index (χ1) is 10.1. The van der Waals surface area contributed by atoms with Gasteiger partial charge in [-0.05, 0) is 36.8 Å². The Hall–Kier alpha value is -2.26. The van der Waals surface area contributed by atoms with Crippen molar-refractivity contribution in [3.05, 3.63) is 70.9 Å². The highest BCUT2D eigenvalue weighted by molar-refractivity contribution is 6.31. The summed E-state index contributed by atoms with van der Waals surface area (Å²) in [6.45, 7) is 1.94. The lowest BCUT2D eigenvalue weighted by molar-refractivity contribution is 0.0914. The number of hydrogen-bond acceptors (Lipinski definition) is 2. The molecule has 3 rings (SSSR count). The van der Waals surface area contributed by atoms with Gasteiger partial charge in [0.25, 0.3) is 5.91 Å². The number of carbonyl (C=O) groups excluding carboxylic acids is 1. The molecule has 1 N–H and O–H groups in total. The van der Waals surface area contributed by atoms with Gasteiger partial charge in [0.05, 0.1) is 6.04 Å². The molecule has 0 aliphatic carbocycles. The van der Waals surface area contributed by atoms with E-state index in [1.54, 1.807) is 24.3 Å². The molecule has 3 aromatic rings. The summed E-state index contributed by atoms with van der Waals surface area (Å²) in [7, 11) is 0. The molecule has 1 amide bonds. The minimum Gasteiger partial charge on any atom is -0.451 e.